The van der Waals surface area contributed by atoms with Crippen LogP contribution in [-0.2, 0) is 10.0 Å². The van der Waals surface area contributed by atoms with Crippen molar-refractivity contribution in [1.82, 2.24) is 14.9 Å². The summed E-state index contributed by atoms with van der Waals surface area (Å²) in [4.78, 5) is 12.4. The van der Waals surface area contributed by atoms with Crippen molar-refractivity contribution >= 4 is 32.4 Å². The lowest BCUT2D eigenvalue weighted by molar-refractivity contribution is 0.102. The van der Waals surface area contributed by atoms with Crippen molar-refractivity contribution in [2.24, 2.45) is 0 Å². The maximum atomic E-state index is 12.3. The Morgan fingerprint density at radius 3 is 2.67 bits per heavy atom. The van der Waals surface area contributed by atoms with Crippen molar-refractivity contribution in [2.75, 3.05) is 5.32 Å². The summed E-state index contributed by atoms with van der Waals surface area (Å²) in [6.45, 7) is 3.99. The number of hydrogen-bond acceptors (Lipinski definition) is 6. The Morgan fingerprint density at radius 1 is 1.29 bits per heavy atom. The summed E-state index contributed by atoms with van der Waals surface area (Å²) in [5.41, 5.74) is 0.259. The molecule has 1 fully saturated rings. The quantitative estimate of drug-likeness (QED) is 0.817. The van der Waals surface area contributed by atoms with E-state index >= 15 is 0 Å². The van der Waals surface area contributed by atoms with Gasteiger partial charge in [-0.2, -0.15) is 0 Å². The number of aromatic nitrogens is 2. The molecule has 0 bridgehead atoms. The van der Waals surface area contributed by atoms with Crippen molar-refractivity contribution < 1.29 is 13.2 Å². The van der Waals surface area contributed by atoms with Gasteiger partial charge in [-0.1, -0.05) is 31.3 Å². The topological polar surface area (TPSA) is 101 Å². The Morgan fingerprint density at radius 2 is 2.04 bits per heavy atom. The number of carbonyl (C=O) groups is 1. The molecule has 128 valence electrons. The van der Waals surface area contributed by atoms with Crippen LogP contribution in [0.25, 0.3) is 0 Å². The number of nitrogens with zero attached hydrogens (tertiary/aromatic N) is 2. The van der Waals surface area contributed by atoms with Gasteiger partial charge in [-0.05, 0) is 31.0 Å². The minimum atomic E-state index is -3.59. The van der Waals surface area contributed by atoms with E-state index < -0.39 is 15.9 Å². The lowest BCUT2D eigenvalue weighted by Crippen LogP contribution is -2.26. The van der Waals surface area contributed by atoms with Crippen molar-refractivity contribution in [3.8, 4) is 0 Å². The molecule has 1 aromatic heterocycles. The number of rotatable bonds is 6. The second-order valence-electron chi connectivity index (χ2n) is 5.98. The first-order valence-corrected chi connectivity index (χ1v) is 9.92. The first-order chi connectivity index (χ1) is 11.3. The largest absolute Gasteiger partial charge is 0.296 e. The Bertz CT molecular complexity index is 857. The maximum absolute atomic E-state index is 12.3. The number of carbonyl (C=O) groups excluding carboxylic acids is 1. The summed E-state index contributed by atoms with van der Waals surface area (Å²) >= 11 is 1.31. The molecule has 3 rings (SSSR count). The molecule has 1 saturated carbocycles. The molecule has 0 saturated heterocycles. The predicted molar refractivity (Wildman–Crippen MR) is 91.7 cm³/mol. The Labute approximate surface area is 144 Å². The molecule has 1 aromatic carbocycles. The SMILES string of the molecule is CC(C)c1nnc(NC(=O)c2cccc(S(=O)(=O)NC3CC3)c2)s1. The van der Waals surface area contributed by atoms with Gasteiger partial charge in [0.1, 0.15) is 5.01 Å². The van der Waals surface area contributed by atoms with Gasteiger partial charge in [0.2, 0.25) is 15.2 Å². The minimum Gasteiger partial charge on any atom is -0.296 e. The van der Waals surface area contributed by atoms with E-state index in [1.807, 2.05) is 13.8 Å². The van der Waals surface area contributed by atoms with Crippen LogP contribution in [0.1, 0.15) is 48.0 Å². The fourth-order valence-electron chi connectivity index (χ4n) is 1.98. The van der Waals surface area contributed by atoms with Crippen LogP contribution in [0.15, 0.2) is 29.2 Å². The summed E-state index contributed by atoms with van der Waals surface area (Å²) < 4.78 is 27.1. The van der Waals surface area contributed by atoms with Crippen molar-refractivity contribution in [3.63, 3.8) is 0 Å². The standard InChI is InChI=1S/C15H18N4O3S2/c1-9(2)14-17-18-15(23-14)16-13(20)10-4-3-5-12(8-10)24(21,22)19-11-6-7-11/h3-5,8-9,11,19H,6-7H2,1-2H3,(H,16,18,20). The van der Waals surface area contributed by atoms with E-state index in [0.29, 0.717) is 5.13 Å². The zero-order valence-corrected chi connectivity index (χ0v) is 14.9. The number of benzene rings is 1. The fourth-order valence-corrected chi connectivity index (χ4v) is 4.07. The number of sulfonamides is 1. The van der Waals surface area contributed by atoms with Gasteiger partial charge in [0.05, 0.1) is 4.90 Å². The van der Waals surface area contributed by atoms with Crippen molar-refractivity contribution in [1.29, 1.82) is 0 Å². The molecule has 0 spiro atoms. The normalized spacial score (nSPS) is 14.8. The van der Waals surface area contributed by atoms with Crippen LogP contribution in [0.4, 0.5) is 5.13 Å². The zero-order chi connectivity index (χ0) is 17.3. The molecule has 1 aliphatic carbocycles. The van der Waals surface area contributed by atoms with Crippen LogP contribution in [0.5, 0.6) is 0 Å². The molecule has 0 aliphatic heterocycles. The first kappa shape index (κ1) is 17.0. The van der Waals surface area contributed by atoms with E-state index in [-0.39, 0.29) is 22.4 Å². The summed E-state index contributed by atoms with van der Waals surface area (Å²) in [5, 5.41) is 11.8. The second kappa shape index (κ2) is 6.58. The maximum Gasteiger partial charge on any atom is 0.257 e. The van der Waals surface area contributed by atoms with E-state index in [9.17, 15) is 13.2 Å². The smallest absolute Gasteiger partial charge is 0.257 e. The third-order valence-corrected chi connectivity index (χ3v) is 6.12. The third-order valence-electron chi connectivity index (χ3n) is 3.46. The molecule has 1 aliphatic rings. The molecule has 9 heteroatoms. The fraction of sp³-hybridized carbons (Fsp3) is 0.400. The summed E-state index contributed by atoms with van der Waals surface area (Å²) in [6, 6.07) is 5.97. The predicted octanol–water partition coefficient (Wildman–Crippen LogP) is 2.35. The lowest BCUT2D eigenvalue weighted by atomic mass is 10.2. The molecular formula is C15H18N4O3S2. The van der Waals surface area contributed by atoms with Crippen LogP contribution in [0.3, 0.4) is 0 Å². The second-order valence-corrected chi connectivity index (χ2v) is 8.70. The minimum absolute atomic E-state index is 0.0170. The van der Waals surface area contributed by atoms with Gasteiger partial charge < -0.3 is 0 Å². The van der Waals surface area contributed by atoms with Crippen LogP contribution < -0.4 is 10.0 Å². The Kier molecular flexibility index (Phi) is 4.66. The van der Waals surface area contributed by atoms with Gasteiger partial charge in [0.15, 0.2) is 0 Å². The third kappa shape index (κ3) is 3.97. The number of anilines is 1. The highest BCUT2D eigenvalue weighted by molar-refractivity contribution is 7.89. The van der Waals surface area contributed by atoms with E-state index in [1.165, 1.54) is 23.5 Å². The van der Waals surface area contributed by atoms with E-state index in [4.69, 9.17) is 0 Å². The molecule has 2 N–H and O–H groups in total. The monoisotopic (exact) mass is 366 g/mol. The van der Waals surface area contributed by atoms with Crippen molar-refractivity contribution in [2.45, 2.75) is 43.5 Å². The van der Waals surface area contributed by atoms with Gasteiger partial charge >= 0.3 is 0 Å². The van der Waals surface area contributed by atoms with Crippen LogP contribution in [0, 0.1) is 0 Å². The summed E-state index contributed by atoms with van der Waals surface area (Å²) in [5.74, 6) is -0.181. The van der Waals surface area contributed by atoms with Gasteiger partial charge in [-0.15, -0.1) is 10.2 Å². The van der Waals surface area contributed by atoms with Crippen LogP contribution in [0.2, 0.25) is 0 Å². The highest BCUT2D eigenvalue weighted by atomic mass is 32.2. The molecule has 1 heterocycles. The Balaban J connectivity index is 1.76. The molecular weight excluding hydrogens is 348 g/mol. The van der Waals surface area contributed by atoms with E-state index in [1.54, 1.807) is 12.1 Å². The average Bonchev–Trinajstić information content (AvgIpc) is 3.21. The van der Waals surface area contributed by atoms with E-state index in [2.05, 4.69) is 20.2 Å². The van der Waals surface area contributed by atoms with Gasteiger partial charge in [0, 0.05) is 17.5 Å². The van der Waals surface area contributed by atoms with Gasteiger partial charge in [-0.25, -0.2) is 13.1 Å². The van der Waals surface area contributed by atoms with Gasteiger partial charge in [0.25, 0.3) is 5.91 Å². The molecule has 0 atom stereocenters. The molecule has 0 radical (unpaired) electrons. The van der Waals surface area contributed by atoms with Crippen LogP contribution >= 0.6 is 11.3 Å². The van der Waals surface area contributed by atoms with Crippen molar-refractivity contribution in [3.05, 3.63) is 34.8 Å². The highest BCUT2D eigenvalue weighted by Gasteiger charge is 2.28. The first-order valence-electron chi connectivity index (χ1n) is 7.62. The Hall–Kier alpha value is -1.84. The van der Waals surface area contributed by atoms with Gasteiger partial charge in [-0.3, -0.25) is 10.1 Å². The molecule has 1 amide bonds. The van der Waals surface area contributed by atoms with E-state index in [0.717, 1.165) is 17.8 Å². The number of amides is 1. The highest BCUT2D eigenvalue weighted by Crippen LogP contribution is 2.24. The van der Waals surface area contributed by atoms with Crippen LogP contribution in [-0.4, -0.2) is 30.6 Å². The summed E-state index contributed by atoms with van der Waals surface area (Å²) in [6.07, 6.45) is 1.71. The molecule has 7 nitrogen and oxygen atoms in total. The average molecular weight is 366 g/mol. The number of hydrogen-bond donors (Lipinski definition) is 2. The number of nitrogens with one attached hydrogen (secondary N) is 2. The molecule has 0 unspecified atom stereocenters. The molecule has 24 heavy (non-hydrogen) atoms. The summed E-state index contributed by atoms with van der Waals surface area (Å²) in [7, 11) is -3.59. The molecule has 2 aromatic rings. The zero-order valence-electron chi connectivity index (χ0n) is 13.3. The lowest BCUT2D eigenvalue weighted by Gasteiger charge is -2.07.